The molecular weight excluding hydrogens is 331 g/mol. The number of pyridine rings is 1. The highest BCUT2D eigenvalue weighted by Gasteiger charge is 2.19. The van der Waals surface area contributed by atoms with Crippen LogP contribution in [0.4, 0.5) is 4.39 Å². The summed E-state index contributed by atoms with van der Waals surface area (Å²) in [5, 5.41) is 4.65. The van der Waals surface area contributed by atoms with Crippen LogP contribution in [0.25, 0.3) is 16.6 Å². The van der Waals surface area contributed by atoms with Gasteiger partial charge in [0, 0.05) is 17.3 Å². The van der Waals surface area contributed by atoms with Crippen molar-refractivity contribution in [3.8, 4) is 11.1 Å². The Labute approximate surface area is 144 Å². The van der Waals surface area contributed by atoms with Gasteiger partial charge in [0.25, 0.3) is 0 Å². The summed E-state index contributed by atoms with van der Waals surface area (Å²) in [7, 11) is 1.31. The minimum Gasteiger partial charge on any atom is -0.465 e. The SMILES string of the molecule is CC.COC(=O)c1ccc2c(-c3c(F)cccc3Cl)c(C)nn2c1. The Morgan fingerprint density at radius 1 is 1.21 bits per heavy atom. The number of benzene rings is 1. The molecule has 0 amide bonds. The van der Waals surface area contributed by atoms with Crippen LogP contribution in [0.2, 0.25) is 5.02 Å². The number of hydrogen-bond donors (Lipinski definition) is 0. The number of aryl methyl sites for hydroxylation is 1. The maximum atomic E-state index is 14.2. The molecule has 0 fully saturated rings. The number of ether oxygens (including phenoxy) is 1. The van der Waals surface area contributed by atoms with Crippen molar-refractivity contribution in [1.29, 1.82) is 0 Å². The van der Waals surface area contributed by atoms with Crippen LogP contribution in [0, 0.1) is 12.7 Å². The van der Waals surface area contributed by atoms with Crippen LogP contribution < -0.4 is 0 Å². The van der Waals surface area contributed by atoms with Crippen LogP contribution in [0.15, 0.2) is 36.5 Å². The highest BCUT2D eigenvalue weighted by atomic mass is 35.5. The second-order valence-corrected chi connectivity index (χ2v) is 5.20. The van der Waals surface area contributed by atoms with Crippen molar-refractivity contribution < 1.29 is 13.9 Å². The van der Waals surface area contributed by atoms with E-state index in [4.69, 9.17) is 11.6 Å². The summed E-state index contributed by atoms with van der Waals surface area (Å²) in [6, 6.07) is 7.85. The molecule has 2 heterocycles. The predicted molar refractivity (Wildman–Crippen MR) is 93.0 cm³/mol. The van der Waals surface area contributed by atoms with E-state index < -0.39 is 11.8 Å². The number of rotatable bonds is 2. The third-order valence-corrected chi connectivity index (χ3v) is 3.75. The van der Waals surface area contributed by atoms with E-state index >= 15 is 0 Å². The van der Waals surface area contributed by atoms with Crippen LogP contribution in [-0.2, 0) is 4.74 Å². The average Bonchev–Trinajstić information content (AvgIpc) is 2.91. The van der Waals surface area contributed by atoms with Crippen LogP contribution >= 0.6 is 11.6 Å². The minimum absolute atomic E-state index is 0.308. The first-order chi connectivity index (χ1) is 11.5. The maximum absolute atomic E-state index is 14.2. The number of carbonyl (C=O) groups is 1. The Morgan fingerprint density at radius 2 is 1.92 bits per heavy atom. The summed E-state index contributed by atoms with van der Waals surface area (Å²) in [6.45, 7) is 5.77. The van der Waals surface area contributed by atoms with Gasteiger partial charge in [0.05, 0.1) is 28.9 Å². The lowest BCUT2D eigenvalue weighted by atomic mass is 10.0. The average molecular weight is 349 g/mol. The number of halogens is 2. The van der Waals surface area contributed by atoms with Crippen LogP contribution in [0.1, 0.15) is 29.9 Å². The Balaban J connectivity index is 0.00000100. The topological polar surface area (TPSA) is 43.6 Å². The molecule has 126 valence electrons. The van der Waals surface area contributed by atoms with Gasteiger partial charge in [0.2, 0.25) is 0 Å². The Bertz CT molecular complexity index is 870. The Hall–Kier alpha value is -2.40. The maximum Gasteiger partial charge on any atom is 0.339 e. The summed E-state index contributed by atoms with van der Waals surface area (Å²) >= 11 is 6.15. The standard InChI is InChI=1S/C16H12ClFN2O2.C2H6/c1-9-14(15-11(17)4-3-5-12(15)18)13-7-6-10(16(21)22-2)8-20(13)19-9;1-2/h3-8H,1-2H3;1-2H3. The van der Waals surface area contributed by atoms with Crippen molar-refractivity contribution in [1.82, 2.24) is 9.61 Å². The van der Waals surface area contributed by atoms with Crippen molar-refractivity contribution in [2.45, 2.75) is 20.8 Å². The summed E-state index contributed by atoms with van der Waals surface area (Å²) in [4.78, 5) is 11.6. The first-order valence-corrected chi connectivity index (χ1v) is 7.92. The van der Waals surface area contributed by atoms with E-state index in [1.165, 1.54) is 17.7 Å². The highest BCUT2D eigenvalue weighted by molar-refractivity contribution is 6.33. The van der Waals surface area contributed by atoms with Gasteiger partial charge in [-0.25, -0.2) is 13.7 Å². The summed E-state index contributed by atoms with van der Waals surface area (Å²) in [6.07, 6.45) is 1.55. The first-order valence-electron chi connectivity index (χ1n) is 7.54. The zero-order chi connectivity index (χ0) is 17.9. The quantitative estimate of drug-likeness (QED) is 0.618. The van der Waals surface area contributed by atoms with Crippen LogP contribution in [0.5, 0.6) is 0 Å². The summed E-state index contributed by atoms with van der Waals surface area (Å²) in [5.41, 5.74) is 2.57. The molecule has 3 aromatic rings. The number of esters is 1. The number of fused-ring (bicyclic) bond motifs is 1. The zero-order valence-electron chi connectivity index (χ0n) is 13.9. The third-order valence-electron chi connectivity index (χ3n) is 3.44. The fraction of sp³-hybridized carbons (Fsp3) is 0.222. The molecule has 0 saturated heterocycles. The largest absolute Gasteiger partial charge is 0.465 e. The van der Waals surface area contributed by atoms with Crippen molar-refractivity contribution in [3.63, 3.8) is 0 Å². The number of methoxy groups -OCH3 is 1. The molecule has 1 aromatic carbocycles. The lowest BCUT2D eigenvalue weighted by Crippen LogP contribution is -2.03. The fourth-order valence-corrected chi connectivity index (χ4v) is 2.71. The molecule has 6 heteroatoms. The van der Waals surface area contributed by atoms with Gasteiger partial charge in [-0.3, -0.25) is 0 Å². The molecule has 0 aliphatic heterocycles. The van der Waals surface area contributed by atoms with Crippen molar-refractivity contribution in [2.75, 3.05) is 7.11 Å². The van der Waals surface area contributed by atoms with Gasteiger partial charge < -0.3 is 4.74 Å². The van der Waals surface area contributed by atoms with E-state index in [9.17, 15) is 9.18 Å². The molecule has 0 aliphatic carbocycles. The van der Waals surface area contributed by atoms with Crippen LogP contribution in [-0.4, -0.2) is 22.7 Å². The smallest absolute Gasteiger partial charge is 0.339 e. The molecule has 0 atom stereocenters. The summed E-state index contributed by atoms with van der Waals surface area (Å²) < 4.78 is 20.4. The van der Waals surface area contributed by atoms with Crippen molar-refractivity contribution >= 4 is 23.1 Å². The van der Waals surface area contributed by atoms with E-state index in [0.29, 0.717) is 32.9 Å². The van der Waals surface area contributed by atoms with Crippen molar-refractivity contribution in [3.05, 3.63) is 58.6 Å². The third kappa shape index (κ3) is 3.12. The number of hydrogen-bond acceptors (Lipinski definition) is 3. The molecule has 0 bridgehead atoms. The van der Waals surface area contributed by atoms with Crippen molar-refractivity contribution in [2.24, 2.45) is 0 Å². The van der Waals surface area contributed by atoms with Gasteiger partial charge in [0.1, 0.15) is 5.82 Å². The first kappa shape index (κ1) is 17.9. The molecule has 0 radical (unpaired) electrons. The van der Waals surface area contributed by atoms with Gasteiger partial charge in [-0.15, -0.1) is 0 Å². The molecule has 0 N–H and O–H groups in total. The number of carbonyl (C=O) groups excluding carboxylic acids is 1. The lowest BCUT2D eigenvalue weighted by Gasteiger charge is -2.06. The molecule has 3 rings (SSSR count). The van der Waals surface area contributed by atoms with E-state index in [0.717, 1.165) is 0 Å². The summed E-state index contributed by atoms with van der Waals surface area (Å²) in [5.74, 6) is -0.872. The van der Waals surface area contributed by atoms with Gasteiger partial charge in [0.15, 0.2) is 0 Å². The van der Waals surface area contributed by atoms with E-state index in [2.05, 4.69) is 9.84 Å². The molecule has 2 aromatic heterocycles. The van der Waals surface area contributed by atoms with Crippen LogP contribution in [0.3, 0.4) is 0 Å². The minimum atomic E-state index is -0.458. The zero-order valence-corrected chi connectivity index (χ0v) is 14.7. The normalized spacial score (nSPS) is 10.2. The molecule has 0 spiro atoms. The molecule has 24 heavy (non-hydrogen) atoms. The van der Waals surface area contributed by atoms with Gasteiger partial charge >= 0.3 is 5.97 Å². The Kier molecular flexibility index (Phi) is 5.57. The lowest BCUT2D eigenvalue weighted by molar-refractivity contribution is 0.0600. The molecule has 0 saturated carbocycles. The number of aromatic nitrogens is 2. The van der Waals surface area contributed by atoms with E-state index in [1.807, 2.05) is 13.8 Å². The number of nitrogens with zero attached hydrogens (tertiary/aromatic N) is 2. The predicted octanol–water partition coefficient (Wildman–Crippen LogP) is 4.92. The van der Waals surface area contributed by atoms with E-state index in [1.54, 1.807) is 37.4 Å². The molecular formula is C18H18ClFN2O2. The Morgan fingerprint density at radius 3 is 2.54 bits per heavy atom. The second-order valence-electron chi connectivity index (χ2n) is 4.80. The fourth-order valence-electron chi connectivity index (χ4n) is 2.45. The molecule has 0 aliphatic rings. The van der Waals surface area contributed by atoms with Gasteiger partial charge in [-0.2, -0.15) is 5.10 Å². The monoisotopic (exact) mass is 348 g/mol. The second kappa shape index (κ2) is 7.45. The molecule has 4 nitrogen and oxygen atoms in total. The van der Waals surface area contributed by atoms with Gasteiger partial charge in [-0.1, -0.05) is 31.5 Å². The highest BCUT2D eigenvalue weighted by Crippen LogP contribution is 2.35. The van der Waals surface area contributed by atoms with Gasteiger partial charge in [-0.05, 0) is 31.2 Å². The van der Waals surface area contributed by atoms with E-state index in [-0.39, 0.29) is 0 Å². The molecule has 0 unspecified atom stereocenters.